The van der Waals surface area contributed by atoms with Crippen molar-refractivity contribution in [3.63, 3.8) is 0 Å². The van der Waals surface area contributed by atoms with Gasteiger partial charge >= 0.3 is 0 Å². The molecule has 21 heavy (non-hydrogen) atoms. The maximum Gasteiger partial charge on any atom is 0.123 e. The Bertz CT molecular complexity index is 762. The number of hydrogen-bond donors (Lipinski definition) is 1. The molecular weight excluding hydrogens is 267 g/mol. The summed E-state index contributed by atoms with van der Waals surface area (Å²) in [6, 6.07) is 12.1. The van der Waals surface area contributed by atoms with Crippen molar-refractivity contribution in [2.75, 3.05) is 0 Å². The second kappa shape index (κ2) is 5.58. The molecule has 0 fully saturated rings. The zero-order valence-electron chi connectivity index (χ0n) is 11.8. The van der Waals surface area contributed by atoms with E-state index in [0.717, 1.165) is 22.0 Å². The van der Waals surface area contributed by atoms with Crippen LogP contribution in [0.3, 0.4) is 0 Å². The summed E-state index contributed by atoms with van der Waals surface area (Å²) in [6.45, 7) is 0.922. The summed E-state index contributed by atoms with van der Waals surface area (Å²) in [7, 11) is 2.00. The number of hydrogen-bond acceptors (Lipinski definition) is 2. The Morgan fingerprint density at radius 1 is 1.10 bits per heavy atom. The van der Waals surface area contributed by atoms with E-state index in [1.54, 1.807) is 12.1 Å². The van der Waals surface area contributed by atoms with Gasteiger partial charge in [-0.25, -0.2) is 4.39 Å². The van der Waals surface area contributed by atoms with Crippen LogP contribution in [-0.4, -0.2) is 4.57 Å². The number of nitrogens with zero attached hydrogens (tertiary/aromatic N) is 1. The predicted octanol–water partition coefficient (Wildman–Crippen LogP) is 3.36. The van der Waals surface area contributed by atoms with E-state index in [9.17, 15) is 4.39 Å². The third-order valence-electron chi connectivity index (χ3n) is 3.61. The van der Waals surface area contributed by atoms with Crippen molar-refractivity contribution in [2.24, 2.45) is 12.8 Å². The molecule has 0 aliphatic carbocycles. The Morgan fingerprint density at radius 3 is 2.57 bits per heavy atom. The fourth-order valence-corrected chi connectivity index (χ4v) is 2.59. The summed E-state index contributed by atoms with van der Waals surface area (Å²) in [5.74, 6) is 0.386. The third-order valence-corrected chi connectivity index (χ3v) is 3.61. The summed E-state index contributed by atoms with van der Waals surface area (Å²) in [5, 5.41) is 1.14. The number of ether oxygens (including phenoxy) is 1. The van der Waals surface area contributed by atoms with Gasteiger partial charge in [0.1, 0.15) is 18.2 Å². The largest absolute Gasteiger partial charge is 0.489 e. The molecule has 1 heterocycles. The van der Waals surface area contributed by atoms with E-state index in [-0.39, 0.29) is 5.82 Å². The highest BCUT2D eigenvalue weighted by atomic mass is 19.1. The van der Waals surface area contributed by atoms with Crippen LogP contribution in [-0.2, 0) is 20.2 Å². The molecule has 3 nitrogen and oxygen atoms in total. The van der Waals surface area contributed by atoms with Gasteiger partial charge in [0.25, 0.3) is 0 Å². The standard InChI is InChI=1S/C17H17FN2O/c1-20-10-13(11-21-15-7-5-14(18)6-8-15)17-12(9-19)3-2-4-16(17)20/h2-8,10H,9,11,19H2,1H3. The average Bonchev–Trinajstić information content (AvgIpc) is 2.83. The molecule has 108 valence electrons. The van der Waals surface area contributed by atoms with Gasteiger partial charge in [0.2, 0.25) is 0 Å². The van der Waals surface area contributed by atoms with Crippen LogP contribution < -0.4 is 10.5 Å². The Balaban J connectivity index is 1.91. The van der Waals surface area contributed by atoms with Crippen molar-refractivity contribution in [1.29, 1.82) is 0 Å². The van der Waals surface area contributed by atoms with Gasteiger partial charge in [0.15, 0.2) is 0 Å². The van der Waals surface area contributed by atoms with E-state index in [2.05, 4.69) is 10.6 Å². The molecule has 0 aliphatic rings. The molecule has 0 saturated carbocycles. The number of fused-ring (bicyclic) bond motifs is 1. The Morgan fingerprint density at radius 2 is 1.86 bits per heavy atom. The minimum absolute atomic E-state index is 0.266. The van der Waals surface area contributed by atoms with Crippen LogP contribution >= 0.6 is 0 Å². The Hall–Kier alpha value is -2.33. The molecule has 0 bridgehead atoms. The second-order valence-corrected chi connectivity index (χ2v) is 5.02. The summed E-state index contributed by atoms with van der Waals surface area (Å²) in [4.78, 5) is 0. The zero-order valence-corrected chi connectivity index (χ0v) is 11.8. The third kappa shape index (κ3) is 2.62. The summed E-state index contributed by atoms with van der Waals surface area (Å²) >= 11 is 0. The maximum absolute atomic E-state index is 12.9. The monoisotopic (exact) mass is 284 g/mol. The molecular formula is C17H17FN2O. The van der Waals surface area contributed by atoms with Gasteiger partial charge in [-0.3, -0.25) is 0 Å². The molecule has 2 aromatic carbocycles. The first-order valence-corrected chi connectivity index (χ1v) is 6.83. The van der Waals surface area contributed by atoms with Crippen LogP contribution in [0.25, 0.3) is 10.9 Å². The molecule has 4 heteroatoms. The molecule has 1 aromatic heterocycles. The van der Waals surface area contributed by atoms with Crippen molar-refractivity contribution >= 4 is 10.9 Å². The topological polar surface area (TPSA) is 40.2 Å². The first-order valence-electron chi connectivity index (χ1n) is 6.83. The van der Waals surface area contributed by atoms with Gasteiger partial charge in [-0.1, -0.05) is 12.1 Å². The van der Waals surface area contributed by atoms with Gasteiger partial charge in [-0.05, 0) is 35.9 Å². The van der Waals surface area contributed by atoms with E-state index in [1.807, 2.05) is 25.4 Å². The minimum atomic E-state index is -0.266. The quantitative estimate of drug-likeness (QED) is 0.798. The lowest BCUT2D eigenvalue weighted by molar-refractivity contribution is 0.307. The molecule has 3 rings (SSSR count). The van der Waals surface area contributed by atoms with Crippen molar-refractivity contribution in [2.45, 2.75) is 13.2 Å². The second-order valence-electron chi connectivity index (χ2n) is 5.02. The van der Waals surface area contributed by atoms with Gasteiger partial charge in [0.05, 0.1) is 0 Å². The zero-order chi connectivity index (χ0) is 14.8. The normalized spacial score (nSPS) is 11.0. The summed E-state index contributed by atoms with van der Waals surface area (Å²) in [5.41, 5.74) is 9.15. The highest BCUT2D eigenvalue weighted by Crippen LogP contribution is 2.26. The molecule has 0 amide bonds. The average molecular weight is 284 g/mol. The van der Waals surface area contributed by atoms with Crippen molar-refractivity contribution in [3.05, 3.63) is 65.6 Å². The highest BCUT2D eigenvalue weighted by Gasteiger charge is 2.10. The number of halogens is 1. The van der Waals surface area contributed by atoms with Crippen molar-refractivity contribution < 1.29 is 9.13 Å². The van der Waals surface area contributed by atoms with Crippen LogP contribution in [0.2, 0.25) is 0 Å². The number of rotatable bonds is 4. The van der Waals surface area contributed by atoms with E-state index >= 15 is 0 Å². The Kier molecular flexibility index (Phi) is 3.62. The van der Waals surface area contributed by atoms with Crippen LogP contribution in [0.5, 0.6) is 5.75 Å². The molecule has 0 spiro atoms. The van der Waals surface area contributed by atoms with Gasteiger partial charge in [-0.15, -0.1) is 0 Å². The van der Waals surface area contributed by atoms with E-state index in [4.69, 9.17) is 10.5 Å². The van der Waals surface area contributed by atoms with Crippen LogP contribution in [0.4, 0.5) is 4.39 Å². The number of aromatic nitrogens is 1. The van der Waals surface area contributed by atoms with E-state index in [1.165, 1.54) is 12.1 Å². The lowest BCUT2D eigenvalue weighted by Crippen LogP contribution is -1.99. The molecule has 0 saturated heterocycles. The van der Waals surface area contributed by atoms with Gasteiger partial charge in [-0.2, -0.15) is 0 Å². The highest BCUT2D eigenvalue weighted by molar-refractivity contribution is 5.87. The fourth-order valence-electron chi connectivity index (χ4n) is 2.59. The fraction of sp³-hybridized carbons (Fsp3) is 0.176. The van der Waals surface area contributed by atoms with E-state index < -0.39 is 0 Å². The minimum Gasteiger partial charge on any atom is -0.489 e. The van der Waals surface area contributed by atoms with Crippen molar-refractivity contribution in [3.8, 4) is 5.75 Å². The SMILES string of the molecule is Cn1cc(COc2ccc(F)cc2)c2c(CN)cccc21. The lowest BCUT2D eigenvalue weighted by Gasteiger charge is -2.07. The first-order chi connectivity index (χ1) is 10.2. The smallest absolute Gasteiger partial charge is 0.123 e. The maximum atomic E-state index is 12.9. The molecule has 0 unspecified atom stereocenters. The van der Waals surface area contributed by atoms with Crippen LogP contribution in [0.15, 0.2) is 48.7 Å². The lowest BCUT2D eigenvalue weighted by atomic mass is 10.1. The van der Waals surface area contributed by atoms with Crippen LogP contribution in [0.1, 0.15) is 11.1 Å². The summed E-state index contributed by atoms with van der Waals surface area (Å²) < 4.78 is 20.7. The van der Waals surface area contributed by atoms with Crippen molar-refractivity contribution in [1.82, 2.24) is 4.57 Å². The molecule has 3 aromatic rings. The van der Waals surface area contributed by atoms with Gasteiger partial charge in [0, 0.05) is 36.3 Å². The molecule has 0 aliphatic heterocycles. The summed E-state index contributed by atoms with van der Waals surface area (Å²) in [6.07, 6.45) is 2.05. The first kappa shape index (κ1) is 13.6. The Labute approximate surface area is 122 Å². The van der Waals surface area contributed by atoms with E-state index in [0.29, 0.717) is 18.9 Å². The van der Waals surface area contributed by atoms with Crippen LogP contribution in [0, 0.1) is 5.82 Å². The molecule has 2 N–H and O–H groups in total. The predicted molar refractivity (Wildman–Crippen MR) is 81.5 cm³/mol. The van der Waals surface area contributed by atoms with Gasteiger partial charge < -0.3 is 15.0 Å². The molecule has 0 radical (unpaired) electrons. The molecule has 0 atom stereocenters. The number of benzene rings is 2. The number of nitrogens with two attached hydrogens (primary N) is 1. The number of aryl methyl sites for hydroxylation is 1.